The van der Waals surface area contributed by atoms with Crippen molar-refractivity contribution in [2.75, 3.05) is 6.54 Å². The van der Waals surface area contributed by atoms with Crippen molar-refractivity contribution >= 4 is 27.3 Å². The number of rotatable bonds is 3. The minimum Gasteiger partial charge on any atom is -0.330 e. The molecule has 1 aromatic carbocycles. The first-order chi connectivity index (χ1) is 7.70. The van der Waals surface area contributed by atoms with Gasteiger partial charge in [-0.3, -0.25) is 0 Å². The van der Waals surface area contributed by atoms with Crippen LogP contribution in [0.15, 0.2) is 28.7 Å². The Balaban J connectivity index is 2.40. The lowest BCUT2D eigenvalue weighted by Crippen LogP contribution is -2.01. The van der Waals surface area contributed by atoms with Gasteiger partial charge in [-0.25, -0.2) is 4.98 Å². The fourth-order valence-corrected chi connectivity index (χ4v) is 3.06. The number of thiazole rings is 1. The standard InChI is InChI=1S/C12H13BrN2S/c1-8-12(16-11(15-8)5-6-14)9-3-2-4-10(13)7-9/h2-4,7H,5-6,14H2,1H3. The van der Waals surface area contributed by atoms with Gasteiger partial charge in [-0.05, 0) is 31.2 Å². The normalized spacial score (nSPS) is 10.7. The highest BCUT2D eigenvalue weighted by Gasteiger charge is 2.09. The molecule has 1 heterocycles. The second-order valence-corrected chi connectivity index (χ2v) is 5.57. The molecule has 0 aliphatic carbocycles. The molecule has 84 valence electrons. The third-order valence-corrected chi connectivity index (χ3v) is 4.05. The van der Waals surface area contributed by atoms with Gasteiger partial charge in [0.25, 0.3) is 0 Å². The molecule has 0 radical (unpaired) electrons. The molecule has 16 heavy (non-hydrogen) atoms. The van der Waals surface area contributed by atoms with Gasteiger partial charge in [0.05, 0.1) is 15.6 Å². The van der Waals surface area contributed by atoms with Crippen LogP contribution in [-0.4, -0.2) is 11.5 Å². The maximum absolute atomic E-state index is 5.54. The van der Waals surface area contributed by atoms with Crippen LogP contribution >= 0.6 is 27.3 Å². The summed E-state index contributed by atoms with van der Waals surface area (Å²) in [5.74, 6) is 0. The molecule has 0 bridgehead atoms. The highest BCUT2D eigenvalue weighted by Crippen LogP contribution is 2.31. The van der Waals surface area contributed by atoms with Crippen LogP contribution in [0.25, 0.3) is 10.4 Å². The van der Waals surface area contributed by atoms with Crippen molar-refractivity contribution in [3.63, 3.8) is 0 Å². The van der Waals surface area contributed by atoms with Crippen LogP contribution in [-0.2, 0) is 6.42 Å². The fourth-order valence-electron chi connectivity index (χ4n) is 1.58. The Morgan fingerprint density at radius 1 is 1.44 bits per heavy atom. The predicted octanol–water partition coefficient (Wildman–Crippen LogP) is 3.38. The van der Waals surface area contributed by atoms with E-state index in [4.69, 9.17) is 5.73 Å². The molecule has 0 saturated carbocycles. The van der Waals surface area contributed by atoms with Crippen molar-refractivity contribution in [1.82, 2.24) is 4.98 Å². The van der Waals surface area contributed by atoms with Crippen LogP contribution < -0.4 is 5.73 Å². The number of aromatic nitrogens is 1. The van der Waals surface area contributed by atoms with Gasteiger partial charge >= 0.3 is 0 Å². The molecule has 2 rings (SSSR count). The molecule has 0 fully saturated rings. The summed E-state index contributed by atoms with van der Waals surface area (Å²) in [5.41, 5.74) is 7.85. The van der Waals surface area contributed by atoms with Gasteiger partial charge in [0.15, 0.2) is 0 Å². The molecule has 0 saturated heterocycles. The van der Waals surface area contributed by atoms with Crippen LogP contribution in [0.1, 0.15) is 10.7 Å². The van der Waals surface area contributed by atoms with Crippen LogP contribution in [0, 0.1) is 6.92 Å². The Bertz CT molecular complexity index is 494. The van der Waals surface area contributed by atoms with Crippen LogP contribution in [0.5, 0.6) is 0 Å². The second kappa shape index (κ2) is 5.08. The van der Waals surface area contributed by atoms with Gasteiger partial charge in [-0.1, -0.05) is 28.1 Å². The predicted molar refractivity (Wildman–Crippen MR) is 72.7 cm³/mol. The number of halogens is 1. The first kappa shape index (κ1) is 11.8. The lowest BCUT2D eigenvalue weighted by Gasteiger charge is -1.98. The van der Waals surface area contributed by atoms with Crippen molar-refractivity contribution in [2.24, 2.45) is 5.73 Å². The van der Waals surface area contributed by atoms with Crippen molar-refractivity contribution in [3.05, 3.63) is 39.4 Å². The molecule has 0 atom stereocenters. The van der Waals surface area contributed by atoms with Crippen LogP contribution in [0.3, 0.4) is 0 Å². The van der Waals surface area contributed by atoms with Gasteiger partial charge in [-0.15, -0.1) is 11.3 Å². The molecule has 1 aromatic heterocycles. The maximum atomic E-state index is 5.54. The summed E-state index contributed by atoms with van der Waals surface area (Å²) in [5, 5.41) is 1.12. The Labute approximate surface area is 108 Å². The minimum absolute atomic E-state index is 0.658. The quantitative estimate of drug-likeness (QED) is 0.943. The number of nitrogens with zero attached hydrogens (tertiary/aromatic N) is 1. The average molecular weight is 297 g/mol. The van der Waals surface area contributed by atoms with Crippen molar-refractivity contribution in [2.45, 2.75) is 13.3 Å². The summed E-state index contributed by atoms with van der Waals surface area (Å²) >= 11 is 5.22. The summed E-state index contributed by atoms with van der Waals surface area (Å²) in [6, 6.07) is 8.30. The van der Waals surface area contributed by atoms with Gasteiger partial charge in [0.2, 0.25) is 0 Å². The zero-order chi connectivity index (χ0) is 11.5. The Kier molecular flexibility index (Phi) is 3.74. The first-order valence-corrected chi connectivity index (χ1v) is 6.74. The number of aryl methyl sites for hydroxylation is 1. The summed E-state index contributed by atoms with van der Waals surface area (Å²) in [6.45, 7) is 2.71. The number of hydrogen-bond donors (Lipinski definition) is 1. The molecule has 2 N–H and O–H groups in total. The molecule has 0 aliphatic heterocycles. The van der Waals surface area contributed by atoms with E-state index < -0.39 is 0 Å². The Hall–Kier alpha value is -0.710. The van der Waals surface area contributed by atoms with E-state index in [1.165, 1.54) is 10.4 Å². The molecule has 2 nitrogen and oxygen atoms in total. The van der Waals surface area contributed by atoms with E-state index in [2.05, 4.69) is 33.0 Å². The van der Waals surface area contributed by atoms with Crippen molar-refractivity contribution in [3.8, 4) is 10.4 Å². The lowest BCUT2D eigenvalue weighted by atomic mass is 10.2. The molecular weight excluding hydrogens is 284 g/mol. The molecule has 0 aliphatic rings. The molecule has 4 heteroatoms. The molecule has 0 amide bonds. The van der Waals surface area contributed by atoms with E-state index in [9.17, 15) is 0 Å². The lowest BCUT2D eigenvalue weighted by molar-refractivity contribution is 0.946. The average Bonchev–Trinajstić information content (AvgIpc) is 2.60. The summed E-state index contributed by atoms with van der Waals surface area (Å²) in [6.07, 6.45) is 0.861. The summed E-state index contributed by atoms with van der Waals surface area (Å²) in [4.78, 5) is 5.77. The van der Waals surface area contributed by atoms with E-state index in [-0.39, 0.29) is 0 Å². The molecule has 0 spiro atoms. The smallest absolute Gasteiger partial charge is 0.0947 e. The largest absolute Gasteiger partial charge is 0.330 e. The number of nitrogens with two attached hydrogens (primary N) is 1. The Morgan fingerprint density at radius 3 is 2.94 bits per heavy atom. The van der Waals surface area contributed by atoms with Crippen molar-refractivity contribution < 1.29 is 0 Å². The first-order valence-electron chi connectivity index (χ1n) is 5.13. The fraction of sp³-hybridized carbons (Fsp3) is 0.250. The third kappa shape index (κ3) is 2.51. The van der Waals surface area contributed by atoms with Crippen molar-refractivity contribution in [1.29, 1.82) is 0 Å². The minimum atomic E-state index is 0.658. The van der Waals surface area contributed by atoms with Gasteiger partial charge in [-0.2, -0.15) is 0 Å². The highest BCUT2D eigenvalue weighted by atomic mass is 79.9. The van der Waals surface area contributed by atoms with E-state index in [1.54, 1.807) is 11.3 Å². The number of hydrogen-bond acceptors (Lipinski definition) is 3. The third-order valence-electron chi connectivity index (χ3n) is 2.29. The van der Waals surface area contributed by atoms with Gasteiger partial charge < -0.3 is 5.73 Å². The van der Waals surface area contributed by atoms with Gasteiger partial charge in [0, 0.05) is 10.9 Å². The number of benzene rings is 1. The second-order valence-electron chi connectivity index (χ2n) is 3.57. The molecular formula is C12H13BrN2S. The van der Waals surface area contributed by atoms with E-state index in [0.717, 1.165) is 21.6 Å². The topological polar surface area (TPSA) is 38.9 Å². The summed E-state index contributed by atoms with van der Waals surface area (Å²) < 4.78 is 1.10. The monoisotopic (exact) mass is 296 g/mol. The molecule has 2 aromatic rings. The SMILES string of the molecule is Cc1nc(CCN)sc1-c1cccc(Br)c1. The zero-order valence-corrected chi connectivity index (χ0v) is 11.4. The maximum Gasteiger partial charge on any atom is 0.0947 e. The van der Waals surface area contributed by atoms with E-state index in [1.807, 2.05) is 19.1 Å². The van der Waals surface area contributed by atoms with E-state index >= 15 is 0 Å². The zero-order valence-electron chi connectivity index (χ0n) is 9.03. The van der Waals surface area contributed by atoms with Crippen LogP contribution in [0.2, 0.25) is 0 Å². The highest BCUT2D eigenvalue weighted by molar-refractivity contribution is 9.10. The molecule has 0 unspecified atom stereocenters. The Morgan fingerprint density at radius 2 is 2.25 bits per heavy atom. The summed E-state index contributed by atoms with van der Waals surface area (Å²) in [7, 11) is 0. The van der Waals surface area contributed by atoms with Gasteiger partial charge in [0.1, 0.15) is 0 Å². The van der Waals surface area contributed by atoms with E-state index in [0.29, 0.717) is 6.54 Å². The van der Waals surface area contributed by atoms with Crippen LogP contribution in [0.4, 0.5) is 0 Å².